The Morgan fingerprint density at radius 1 is 1.23 bits per heavy atom. The Bertz CT molecular complexity index is 873. The molecule has 112 valence electrons. The standard InChI is InChI=1S/C15H12Cl2N4S/c1-8-9(2)22-15-12(8)14(18-7-19-15)21-20-6-10-4-3-5-11(16)13(10)17/h3-7H,1-2H3,(H,18,19,21)/b20-6+. The van der Waals surface area contributed by atoms with Crippen LogP contribution in [0, 0.1) is 13.8 Å². The van der Waals surface area contributed by atoms with E-state index in [1.54, 1.807) is 23.6 Å². The quantitative estimate of drug-likeness (QED) is 0.530. The van der Waals surface area contributed by atoms with Crippen LogP contribution in [0.4, 0.5) is 5.82 Å². The summed E-state index contributed by atoms with van der Waals surface area (Å²) in [6, 6.07) is 5.40. The zero-order valence-electron chi connectivity index (χ0n) is 11.9. The van der Waals surface area contributed by atoms with Crippen LogP contribution in [0.25, 0.3) is 10.2 Å². The van der Waals surface area contributed by atoms with Crippen LogP contribution in [0.2, 0.25) is 10.0 Å². The minimum atomic E-state index is 0.477. The molecule has 0 saturated heterocycles. The number of benzene rings is 1. The van der Waals surface area contributed by atoms with E-state index in [0.717, 1.165) is 15.8 Å². The molecule has 22 heavy (non-hydrogen) atoms. The molecule has 4 nitrogen and oxygen atoms in total. The van der Waals surface area contributed by atoms with Gasteiger partial charge in [-0.3, -0.25) is 5.43 Å². The van der Waals surface area contributed by atoms with Crippen LogP contribution in [0.1, 0.15) is 16.0 Å². The molecule has 1 N–H and O–H groups in total. The summed E-state index contributed by atoms with van der Waals surface area (Å²) in [7, 11) is 0. The first-order chi connectivity index (χ1) is 10.6. The lowest BCUT2D eigenvalue weighted by atomic mass is 10.2. The van der Waals surface area contributed by atoms with Gasteiger partial charge in [0.2, 0.25) is 0 Å². The predicted molar refractivity (Wildman–Crippen MR) is 94.6 cm³/mol. The molecule has 0 aliphatic carbocycles. The Morgan fingerprint density at radius 2 is 2.05 bits per heavy atom. The van der Waals surface area contributed by atoms with E-state index in [0.29, 0.717) is 15.9 Å². The summed E-state index contributed by atoms with van der Waals surface area (Å²) in [6.45, 7) is 4.13. The van der Waals surface area contributed by atoms with Crippen molar-refractivity contribution in [2.24, 2.45) is 5.10 Å². The van der Waals surface area contributed by atoms with Crippen LogP contribution in [0.15, 0.2) is 29.6 Å². The number of hydrogen-bond donors (Lipinski definition) is 1. The number of hydrazone groups is 1. The molecule has 0 spiro atoms. The van der Waals surface area contributed by atoms with Gasteiger partial charge in [0.05, 0.1) is 21.6 Å². The smallest absolute Gasteiger partial charge is 0.158 e. The van der Waals surface area contributed by atoms with Crippen LogP contribution in [0.3, 0.4) is 0 Å². The number of aryl methyl sites for hydroxylation is 2. The minimum Gasteiger partial charge on any atom is -0.261 e. The van der Waals surface area contributed by atoms with Crippen molar-refractivity contribution in [2.75, 3.05) is 5.43 Å². The first kappa shape index (κ1) is 15.2. The maximum absolute atomic E-state index is 6.12. The van der Waals surface area contributed by atoms with Crippen molar-refractivity contribution in [3.05, 3.63) is 50.6 Å². The molecule has 0 atom stereocenters. The molecule has 2 aromatic heterocycles. The number of rotatable bonds is 3. The van der Waals surface area contributed by atoms with E-state index in [9.17, 15) is 0 Å². The molecule has 0 unspecified atom stereocenters. The molecule has 3 rings (SSSR count). The zero-order valence-corrected chi connectivity index (χ0v) is 14.2. The van der Waals surface area contributed by atoms with Gasteiger partial charge in [-0.05, 0) is 25.5 Å². The molecule has 0 fully saturated rings. The second-order valence-corrected chi connectivity index (χ2v) is 6.69. The molecule has 0 aliphatic heterocycles. The Hall–Kier alpha value is -1.69. The zero-order chi connectivity index (χ0) is 15.7. The van der Waals surface area contributed by atoms with E-state index in [1.807, 2.05) is 12.1 Å². The van der Waals surface area contributed by atoms with Gasteiger partial charge in [0.25, 0.3) is 0 Å². The maximum Gasteiger partial charge on any atom is 0.158 e. The molecule has 0 amide bonds. The van der Waals surface area contributed by atoms with E-state index in [4.69, 9.17) is 23.2 Å². The third-order valence-electron chi connectivity index (χ3n) is 3.32. The Balaban J connectivity index is 1.91. The van der Waals surface area contributed by atoms with Gasteiger partial charge in [-0.2, -0.15) is 5.10 Å². The fourth-order valence-electron chi connectivity index (χ4n) is 2.05. The van der Waals surface area contributed by atoms with Gasteiger partial charge in [0.1, 0.15) is 11.2 Å². The summed E-state index contributed by atoms with van der Waals surface area (Å²) in [5.74, 6) is 0.682. The topological polar surface area (TPSA) is 50.2 Å². The number of fused-ring (bicyclic) bond motifs is 1. The number of nitrogens with one attached hydrogen (secondary N) is 1. The molecule has 2 heterocycles. The molecule has 7 heteroatoms. The third kappa shape index (κ3) is 2.79. The highest BCUT2D eigenvalue weighted by molar-refractivity contribution is 7.18. The van der Waals surface area contributed by atoms with Crippen LogP contribution in [-0.4, -0.2) is 16.2 Å². The van der Waals surface area contributed by atoms with E-state index in [1.165, 1.54) is 16.8 Å². The van der Waals surface area contributed by atoms with E-state index in [2.05, 4.69) is 34.3 Å². The van der Waals surface area contributed by atoms with Crippen LogP contribution >= 0.6 is 34.5 Å². The number of anilines is 1. The lowest BCUT2D eigenvalue weighted by Crippen LogP contribution is -1.96. The fourth-order valence-corrected chi connectivity index (χ4v) is 3.40. The normalized spacial score (nSPS) is 11.5. The summed E-state index contributed by atoms with van der Waals surface area (Å²) >= 11 is 13.7. The molecule has 1 aromatic carbocycles. The number of aromatic nitrogens is 2. The van der Waals surface area contributed by atoms with Crippen molar-refractivity contribution >= 4 is 56.8 Å². The minimum absolute atomic E-state index is 0.477. The summed E-state index contributed by atoms with van der Waals surface area (Å²) in [4.78, 5) is 10.7. The SMILES string of the molecule is Cc1sc2ncnc(N/N=C/c3cccc(Cl)c3Cl)c2c1C. The second kappa shape index (κ2) is 6.20. The molecule has 0 radical (unpaired) electrons. The van der Waals surface area contributed by atoms with Crippen molar-refractivity contribution in [1.29, 1.82) is 0 Å². The summed E-state index contributed by atoms with van der Waals surface area (Å²) in [5.41, 5.74) is 4.87. The molecule has 0 saturated carbocycles. The Kier molecular flexibility index (Phi) is 4.29. The lowest BCUT2D eigenvalue weighted by Gasteiger charge is -2.03. The summed E-state index contributed by atoms with van der Waals surface area (Å²) in [5, 5.41) is 6.19. The van der Waals surface area contributed by atoms with E-state index in [-0.39, 0.29) is 0 Å². The highest BCUT2D eigenvalue weighted by Crippen LogP contribution is 2.32. The monoisotopic (exact) mass is 350 g/mol. The lowest BCUT2D eigenvalue weighted by molar-refractivity contribution is 1.19. The van der Waals surface area contributed by atoms with Gasteiger partial charge in [-0.25, -0.2) is 9.97 Å². The summed E-state index contributed by atoms with van der Waals surface area (Å²) < 4.78 is 0. The van der Waals surface area contributed by atoms with Crippen LogP contribution in [-0.2, 0) is 0 Å². The molecule has 0 bridgehead atoms. The average Bonchev–Trinajstić information content (AvgIpc) is 2.79. The van der Waals surface area contributed by atoms with Crippen molar-refractivity contribution in [1.82, 2.24) is 9.97 Å². The van der Waals surface area contributed by atoms with Gasteiger partial charge < -0.3 is 0 Å². The number of thiophene rings is 1. The van der Waals surface area contributed by atoms with Crippen molar-refractivity contribution < 1.29 is 0 Å². The highest BCUT2D eigenvalue weighted by Gasteiger charge is 2.11. The summed E-state index contributed by atoms with van der Waals surface area (Å²) in [6.07, 6.45) is 3.15. The largest absolute Gasteiger partial charge is 0.261 e. The van der Waals surface area contributed by atoms with Crippen LogP contribution in [0.5, 0.6) is 0 Å². The van der Waals surface area contributed by atoms with Gasteiger partial charge in [0, 0.05) is 10.4 Å². The number of nitrogens with zero attached hydrogens (tertiary/aromatic N) is 3. The highest BCUT2D eigenvalue weighted by atomic mass is 35.5. The Morgan fingerprint density at radius 3 is 2.86 bits per heavy atom. The van der Waals surface area contributed by atoms with Gasteiger partial charge in [-0.1, -0.05) is 35.3 Å². The second-order valence-electron chi connectivity index (χ2n) is 4.70. The first-order valence-corrected chi connectivity index (χ1v) is 8.09. The molecule has 0 aliphatic rings. The van der Waals surface area contributed by atoms with Gasteiger partial charge >= 0.3 is 0 Å². The van der Waals surface area contributed by atoms with Crippen molar-refractivity contribution in [3.63, 3.8) is 0 Å². The third-order valence-corrected chi connectivity index (χ3v) is 5.27. The molecular formula is C15H12Cl2N4S. The van der Waals surface area contributed by atoms with E-state index < -0.39 is 0 Å². The molecular weight excluding hydrogens is 339 g/mol. The van der Waals surface area contributed by atoms with Crippen molar-refractivity contribution in [3.8, 4) is 0 Å². The average molecular weight is 351 g/mol. The van der Waals surface area contributed by atoms with Gasteiger partial charge in [0.15, 0.2) is 5.82 Å². The van der Waals surface area contributed by atoms with Crippen LogP contribution < -0.4 is 5.43 Å². The van der Waals surface area contributed by atoms with Crippen molar-refractivity contribution in [2.45, 2.75) is 13.8 Å². The molecule has 3 aromatic rings. The van der Waals surface area contributed by atoms with Gasteiger partial charge in [-0.15, -0.1) is 11.3 Å². The Labute approximate surface area is 141 Å². The first-order valence-electron chi connectivity index (χ1n) is 6.51. The van der Waals surface area contributed by atoms with E-state index >= 15 is 0 Å². The fraction of sp³-hybridized carbons (Fsp3) is 0.133. The number of hydrogen-bond acceptors (Lipinski definition) is 5. The maximum atomic E-state index is 6.12. The predicted octanol–water partition coefficient (Wildman–Crippen LogP) is 5.06. The number of halogens is 2.